The molecule has 176 valence electrons. The van der Waals surface area contributed by atoms with Crippen molar-refractivity contribution in [3.8, 4) is 11.1 Å². The number of carbonyl (C=O) groups excluding carboxylic acids is 1. The van der Waals surface area contributed by atoms with Gasteiger partial charge in [-0.1, -0.05) is 36.4 Å². The first-order valence-electron chi connectivity index (χ1n) is 10.6. The van der Waals surface area contributed by atoms with Gasteiger partial charge in [-0.25, -0.2) is 0 Å². The van der Waals surface area contributed by atoms with Crippen LogP contribution in [0.1, 0.15) is 15.9 Å². The highest BCUT2D eigenvalue weighted by Crippen LogP contribution is 2.30. The van der Waals surface area contributed by atoms with Crippen LogP contribution >= 0.6 is 0 Å². The van der Waals surface area contributed by atoms with Crippen LogP contribution in [-0.4, -0.2) is 31.8 Å². The normalized spacial score (nSPS) is 11.7. The van der Waals surface area contributed by atoms with Gasteiger partial charge in [-0.05, 0) is 34.9 Å². The number of benzene rings is 2. The van der Waals surface area contributed by atoms with Crippen LogP contribution in [0.4, 0.5) is 13.2 Å². The van der Waals surface area contributed by atoms with E-state index < -0.39 is 18.3 Å². The lowest BCUT2D eigenvalue weighted by Crippen LogP contribution is -2.28. The van der Waals surface area contributed by atoms with Gasteiger partial charge in [0.2, 0.25) is 0 Å². The molecule has 0 bridgehead atoms. The van der Waals surface area contributed by atoms with E-state index in [1.165, 1.54) is 12.3 Å². The lowest BCUT2D eigenvalue weighted by atomic mass is 9.97. The van der Waals surface area contributed by atoms with Gasteiger partial charge in [-0.15, -0.1) is 0 Å². The number of fused-ring (bicyclic) bond motifs is 3. The zero-order valence-electron chi connectivity index (χ0n) is 18.1. The van der Waals surface area contributed by atoms with Gasteiger partial charge in [0.05, 0.1) is 22.6 Å². The zero-order valence-corrected chi connectivity index (χ0v) is 18.1. The number of pyridine rings is 2. The van der Waals surface area contributed by atoms with Gasteiger partial charge >= 0.3 is 6.18 Å². The largest absolute Gasteiger partial charge is 0.406 e. The molecule has 3 aromatic heterocycles. The summed E-state index contributed by atoms with van der Waals surface area (Å²) in [5.41, 5.74) is 1.85. The molecular formula is C25H18F3N5O2. The quantitative estimate of drug-likeness (QED) is 0.392. The Kier molecular flexibility index (Phi) is 5.56. The van der Waals surface area contributed by atoms with E-state index in [9.17, 15) is 22.8 Å². The molecule has 0 saturated heterocycles. The van der Waals surface area contributed by atoms with Gasteiger partial charge in [-0.3, -0.25) is 24.2 Å². The zero-order chi connectivity index (χ0) is 24.6. The first-order valence-corrected chi connectivity index (χ1v) is 10.6. The summed E-state index contributed by atoms with van der Waals surface area (Å²) in [6.45, 7) is -1.18. The third-order valence-corrected chi connectivity index (χ3v) is 5.67. The van der Waals surface area contributed by atoms with Crippen molar-refractivity contribution in [1.82, 2.24) is 25.1 Å². The van der Waals surface area contributed by atoms with E-state index in [0.29, 0.717) is 32.2 Å². The van der Waals surface area contributed by atoms with Crippen molar-refractivity contribution < 1.29 is 18.0 Å². The number of halogens is 3. The summed E-state index contributed by atoms with van der Waals surface area (Å²) in [6, 6.07) is 15.2. The minimum Gasteiger partial charge on any atom is -0.348 e. The third kappa shape index (κ3) is 4.37. The number of nitrogens with zero attached hydrogens (tertiary/aromatic N) is 3. The third-order valence-electron chi connectivity index (χ3n) is 5.67. The van der Waals surface area contributed by atoms with Gasteiger partial charge < -0.3 is 5.32 Å². The molecule has 0 saturated carbocycles. The Morgan fingerprint density at radius 2 is 1.86 bits per heavy atom. The SMILES string of the molecule is O=C(NCc1cccnc1)c1ccccc1-c1ccc2c3[nH]ncc3c(=O)n(CC(F)(F)F)c2c1. The van der Waals surface area contributed by atoms with Crippen LogP contribution in [0.2, 0.25) is 0 Å². The molecule has 0 fully saturated rings. The van der Waals surface area contributed by atoms with Crippen LogP contribution in [0.5, 0.6) is 0 Å². The standard InChI is InChI=1S/C25H18F3N5O2/c26-25(27,28)14-33-21-10-16(7-8-19(21)22-20(24(33)35)13-31-32-22)17-5-1-2-6-18(17)23(34)30-12-15-4-3-9-29-11-15/h1-11,13H,12,14H2,(H,30,34)(H,31,32). The number of amides is 1. The molecular weight excluding hydrogens is 459 g/mol. The van der Waals surface area contributed by atoms with Crippen LogP contribution in [-0.2, 0) is 13.1 Å². The Morgan fingerprint density at radius 3 is 2.63 bits per heavy atom. The molecule has 2 aromatic carbocycles. The van der Waals surface area contributed by atoms with Gasteiger partial charge in [0, 0.05) is 29.9 Å². The second kappa shape index (κ2) is 8.71. The fraction of sp³-hybridized carbons (Fsp3) is 0.120. The molecule has 0 aliphatic rings. The molecule has 0 unspecified atom stereocenters. The molecule has 0 spiro atoms. The summed E-state index contributed by atoms with van der Waals surface area (Å²) in [4.78, 5) is 29.9. The Balaban J connectivity index is 1.61. The smallest absolute Gasteiger partial charge is 0.348 e. The number of aromatic amines is 1. The van der Waals surface area contributed by atoms with Crippen molar-refractivity contribution >= 4 is 27.7 Å². The number of H-pyrrole nitrogens is 1. The minimum atomic E-state index is -4.60. The summed E-state index contributed by atoms with van der Waals surface area (Å²) >= 11 is 0. The number of alkyl halides is 3. The molecule has 10 heteroatoms. The first kappa shape index (κ1) is 22.3. The lowest BCUT2D eigenvalue weighted by molar-refractivity contribution is -0.140. The fourth-order valence-electron chi connectivity index (χ4n) is 4.09. The Bertz CT molecular complexity index is 1610. The van der Waals surface area contributed by atoms with Crippen molar-refractivity contribution in [2.75, 3.05) is 0 Å². The number of carbonyl (C=O) groups is 1. The molecule has 0 atom stereocenters. The van der Waals surface area contributed by atoms with Gasteiger partial charge in [0.15, 0.2) is 0 Å². The maximum atomic E-state index is 13.4. The van der Waals surface area contributed by atoms with Crippen LogP contribution in [0.25, 0.3) is 32.9 Å². The van der Waals surface area contributed by atoms with E-state index in [1.54, 1.807) is 54.9 Å². The lowest BCUT2D eigenvalue weighted by Gasteiger charge is -2.15. The number of hydrogen-bond acceptors (Lipinski definition) is 4. The van der Waals surface area contributed by atoms with E-state index in [0.717, 1.165) is 5.56 Å². The average Bonchev–Trinajstić information content (AvgIpc) is 3.35. The monoisotopic (exact) mass is 477 g/mol. The van der Waals surface area contributed by atoms with Crippen molar-refractivity contribution in [2.45, 2.75) is 19.3 Å². The molecule has 0 aliphatic carbocycles. The van der Waals surface area contributed by atoms with Crippen LogP contribution < -0.4 is 10.9 Å². The van der Waals surface area contributed by atoms with Crippen molar-refractivity contribution in [2.24, 2.45) is 0 Å². The summed E-state index contributed by atoms with van der Waals surface area (Å²) in [5, 5.41) is 9.87. The number of aromatic nitrogens is 4. The average molecular weight is 477 g/mol. The van der Waals surface area contributed by atoms with E-state index in [4.69, 9.17) is 0 Å². The highest BCUT2D eigenvalue weighted by molar-refractivity contribution is 6.06. The van der Waals surface area contributed by atoms with Crippen molar-refractivity contribution in [3.05, 3.63) is 94.7 Å². The molecule has 1 amide bonds. The number of rotatable bonds is 5. The van der Waals surface area contributed by atoms with Crippen LogP contribution in [0, 0.1) is 0 Å². The molecule has 3 heterocycles. The van der Waals surface area contributed by atoms with Gasteiger partial charge in [0.25, 0.3) is 11.5 Å². The van der Waals surface area contributed by atoms with E-state index in [2.05, 4.69) is 20.5 Å². The van der Waals surface area contributed by atoms with Crippen LogP contribution in [0.3, 0.4) is 0 Å². The Morgan fingerprint density at radius 1 is 1.03 bits per heavy atom. The molecule has 35 heavy (non-hydrogen) atoms. The van der Waals surface area contributed by atoms with Crippen molar-refractivity contribution in [1.29, 1.82) is 0 Å². The molecule has 0 radical (unpaired) electrons. The van der Waals surface area contributed by atoms with Crippen LogP contribution in [0.15, 0.2) is 78.0 Å². The van der Waals surface area contributed by atoms with E-state index in [-0.39, 0.29) is 23.4 Å². The highest BCUT2D eigenvalue weighted by atomic mass is 19.4. The van der Waals surface area contributed by atoms with E-state index >= 15 is 0 Å². The first-order chi connectivity index (χ1) is 16.8. The molecule has 2 N–H and O–H groups in total. The molecule has 5 aromatic rings. The summed E-state index contributed by atoms with van der Waals surface area (Å²) < 4.78 is 40.8. The van der Waals surface area contributed by atoms with Crippen molar-refractivity contribution in [3.63, 3.8) is 0 Å². The predicted molar refractivity (Wildman–Crippen MR) is 125 cm³/mol. The van der Waals surface area contributed by atoms with Gasteiger partial charge in [0.1, 0.15) is 6.54 Å². The summed E-state index contributed by atoms with van der Waals surface area (Å²) in [7, 11) is 0. The maximum absolute atomic E-state index is 13.4. The summed E-state index contributed by atoms with van der Waals surface area (Å²) in [6.07, 6.45) is -0.102. The van der Waals surface area contributed by atoms with Gasteiger partial charge in [-0.2, -0.15) is 18.3 Å². The minimum absolute atomic E-state index is 0.0738. The predicted octanol–water partition coefficient (Wildman–Crippen LogP) is 4.43. The maximum Gasteiger partial charge on any atom is 0.406 e. The molecule has 5 rings (SSSR count). The van der Waals surface area contributed by atoms with E-state index in [1.807, 2.05) is 6.07 Å². The molecule has 0 aliphatic heterocycles. The number of nitrogens with one attached hydrogen (secondary N) is 2. The Hall–Kier alpha value is -4.47. The molecule has 7 nitrogen and oxygen atoms in total. The summed E-state index contributed by atoms with van der Waals surface area (Å²) in [5.74, 6) is -0.346. The number of hydrogen-bond donors (Lipinski definition) is 2. The second-order valence-electron chi connectivity index (χ2n) is 7.99. The Labute approximate surface area is 196 Å². The fourth-order valence-corrected chi connectivity index (χ4v) is 4.09. The highest BCUT2D eigenvalue weighted by Gasteiger charge is 2.30. The topological polar surface area (TPSA) is 92.7 Å². The second-order valence-corrected chi connectivity index (χ2v) is 7.99.